The van der Waals surface area contributed by atoms with Crippen LogP contribution in [0.25, 0.3) is 10.9 Å². The highest BCUT2D eigenvalue weighted by molar-refractivity contribution is 5.87. The fraction of sp³-hybridized carbons (Fsp3) is 0.438. The van der Waals surface area contributed by atoms with Crippen LogP contribution in [0, 0.1) is 5.92 Å². The van der Waals surface area contributed by atoms with Crippen molar-refractivity contribution in [3.8, 4) is 0 Å². The van der Waals surface area contributed by atoms with Gasteiger partial charge in [0, 0.05) is 23.5 Å². The molecule has 0 unspecified atom stereocenters. The number of hydrogen-bond acceptors (Lipinski definition) is 1. The summed E-state index contributed by atoms with van der Waals surface area (Å²) in [6, 6.07) is 6.35. The number of para-hydroxylation sites is 1. The molecule has 19 heavy (non-hydrogen) atoms. The molecule has 0 aliphatic rings. The average molecular weight is 258 g/mol. The minimum absolute atomic E-state index is 0.179. The number of H-pyrrole nitrogens is 1. The lowest BCUT2D eigenvalue weighted by molar-refractivity contribution is -0.118. The summed E-state index contributed by atoms with van der Waals surface area (Å²) in [7, 11) is 0. The van der Waals surface area contributed by atoms with Gasteiger partial charge in [-0.2, -0.15) is 0 Å². The van der Waals surface area contributed by atoms with Gasteiger partial charge in [0.15, 0.2) is 0 Å². The van der Waals surface area contributed by atoms with Gasteiger partial charge < -0.3 is 10.7 Å². The number of fused-ring (bicyclic) bond motifs is 1. The second-order valence-corrected chi connectivity index (χ2v) is 5.46. The number of nitrogens with one attached hydrogen (secondary N) is 1. The standard InChI is InChI=1S/C16H22N2O/c1-4-11-6-5-7-12-14(9-18-16(11)12)13(10(2)3)8-15(17)19/h5-7,9-10,13,18H,4,8H2,1-3H3,(H2,17,19)/t13-/m1/s1. The van der Waals surface area contributed by atoms with Gasteiger partial charge in [-0.25, -0.2) is 0 Å². The number of amides is 1. The highest BCUT2D eigenvalue weighted by Gasteiger charge is 2.21. The number of carbonyl (C=O) groups excluding carboxylic acids is 1. The van der Waals surface area contributed by atoms with E-state index in [2.05, 4.69) is 44.0 Å². The first kappa shape index (κ1) is 13.7. The number of aromatic nitrogens is 1. The molecule has 0 aliphatic carbocycles. The van der Waals surface area contributed by atoms with Crippen molar-refractivity contribution in [3.63, 3.8) is 0 Å². The summed E-state index contributed by atoms with van der Waals surface area (Å²) in [5, 5.41) is 1.22. The molecule has 2 aromatic rings. The third-order valence-corrected chi connectivity index (χ3v) is 3.84. The number of aromatic amines is 1. The number of rotatable bonds is 5. The third-order valence-electron chi connectivity index (χ3n) is 3.84. The molecule has 1 atom stereocenters. The topological polar surface area (TPSA) is 58.9 Å². The first-order valence-electron chi connectivity index (χ1n) is 6.91. The average Bonchev–Trinajstić information content (AvgIpc) is 2.78. The van der Waals surface area contributed by atoms with Crippen LogP contribution in [-0.4, -0.2) is 10.9 Å². The summed E-state index contributed by atoms with van der Waals surface area (Å²) in [5.74, 6) is 0.329. The van der Waals surface area contributed by atoms with Gasteiger partial charge in [-0.05, 0) is 29.4 Å². The summed E-state index contributed by atoms with van der Waals surface area (Å²) in [6.07, 6.45) is 3.44. The predicted octanol–water partition coefficient (Wildman–Crippen LogP) is 3.35. The molecule has 0 saturated carbocycles. The Morgan fingerprint density at radius 1 is 1.37 bits per heavy atom. The fourth-order valence-corrected chi connectivity index (χ4v) is 2.76. The molecular weight excluding hydrogens is 236 g/mol. The molecule has 0 fully saturated rings. The Kier molecular flexibility index (Phi) is 3.93. The maximum atomic E-state index is 11.3. The Labute approximate surface area is 114 Å². The highest BCUT2D eigenvalue weighted by atomic mass is 16.1. The van der Waals surface area contributed by atoms with Crippen molar-refractivity contribution in [3.05, 3.63) is 35.5 Å². The van der Waals surface area contributed by atoms with Crippen LogP contribution >= 0.6 is 0 Å². The zero-order valence-electron chi connectivity index (χ0n) is 11.9. The molecule has 3 heteroatoms. The van der Waals surface area contributed by atoms with Crippen LogP contribution in [-0.2, 0) is 11.2 Å². The summed E-state index contributed by atoms with van der Waals surface area (Å²) in [5.41, 5.74) is 9.10. The number of nitrogens with two attached hydrogens (primary N) is 1. The number of carbonyl (C=O) groups is 1. The lowest BCUT2D eigenvalue weighted by atomic mass is 9.85. The summed E-state index contributed by atoms with van der Waals surface area (Å²) in [6.45, 7) is 6.42. The van der Waals surface area contributed by atoms with Crippen molar-refractivity contribution in [2.75, 3.05) is 0 Å². The Balaban J connectivity index is 2.51. The molecule has 1 heterocycles. The quantitative estimate of drug-likeness (QED) is 0.849. The Morgan fingerprint density at radius 3 is 2.68 bits per heavy atom. The minimum Gasteiger partial charge on any atom is -0.370 e. The largest absolute Gasteiger partial charge is 0.370 e. The van der Waals surface area contributed by atoms with E-state index < -0.39 is 0 Å². The van der Waals surface area contributed by atoms with Gasteiger partial charge >= 0.3 is 0 Å². The smallest absolute Gasteiger partial charge is 0.218 e. The van der Waals surface area contributed by atoms with Crippen molar-refractivity contribution in [1.29, 1.82) is 0 Å². The summed E-state index contributed by atoms with van der Waals surface area (Å²) >= 11 is 0. The molecule has 0 aliphatic heterocycles. The van der Waals surface area contributed by atoms with Gasteiger partial charge in [0.1, 0.15) is 0 Å². The number of primary amides is 1. The molecule has 0 spiro atoms. The summed E-state index contributed by atoms with van der Waals surface area (Å²) in [4.78, 5) is 14.6. The van der Waals surface area contributed by atoms with Gasteiger partial charge in [0.2, 0.25) is 5.91 Å². The van der Waals surface area contributed by atoms with Crippen LogP contribution in [0.1, 0.15) is 44.2 Å². The van der Waals surface area contributed by atoms with E-state index in [0.717, 1.165) is 6.42 Å². The second kappa shape index (κ2) is 5.47. The van der Waals surface area contributed by atoms with Crippen LogP contribution in [0.4, 0.5) is 0 Å². The van der Waals surface area contributed by atoms with Crippen LogP contribution in [0.3, 0.4) is 0 Å². The monoisotopic (exact) mass is 258 g/mol. The van der Waals surface area contributed by atoms with Gasteiger partial charge in [-0.3, -0.25) is 4.79 Å². The number of benzene rings is 1. The van der Waals surface area contributed by atoms with Gasteiger partial charge in [-0.15, -0.1) is 0 Å². The number of hydrogen-bond donors (Lipinski definition) is 2. The summed E-state index contributed by atoms with van der Waals surface area (Å²) < 4.78 is 0. The van der Waals surface area contributed by atoms with E-state index in [1.807, 2.05) is 6.20 Å². The van der Waals surface area contributed by atoms with E-state index in [4.69, 9.17) is 5.73 Å². The molecule has 3 nitrogen and oxygen atoms in total. The van der Waals surface area contributed by atoms with E-state index in [1.54, 1.807) is 0 Å². The van der Waals surface area contributed by atoms with E-state index in [9.17, 15) is 4.79 Å². The molecule has 0 bridgehead atoms. The molecule has 1 aromatic heterocycles. The lowest BCUT2D eigenvalue weighted by Crippen LogP contribution is -2.18. The molecule has 1 amide bonds. The molecular formula is C16H22N2O. The normalized spacial score (nSPS) is 13.1. The van der Waals surface area contributed by atoms with Gasteiger partial charge in [-0.1, -0.05) is 39.0 Å². The predicted molar refractivity (Wildman–Crippen MR) is 79.1 cm³/mol. The van der Waals surface area contributed by atoms with Crippen LogP contribution < -0.4 is 5.73 Å². The lowest BCUT2D eigenvalue weighted by Gasteiger charge is -2.19. The number of aryl methyl sites for hydroxylation is 1. The van der Waals surface area contributed by atoms with Crippen LogP contribution in [0.15, 0.2) is 24.4 Å². The van der Waals surface area contributed by atoms with E-state index >= 15 is 0 Å². The Bertz CT molecular complexity index is 583. The first-order valence-corrected chi connectivity index (χ1v) is 6.91. The van der Waals surface area contributed by atoms with Crippen LogP contribution in [0.5, 0.6) is 0 Å². The van der Waals surface area contributed by atoms with Gasteiger partial charge in [0.25, 0.3) is 0 Å². The van der Waals surface area contributed by atoms with Crippen molar-refractivity contribution in [2.24, 2.45) is 11.7 Å². The first-order chi connectivity index (χ1) is 9.04. The molecule has 102 valence electrons. The second-order valence-electron chi connectivity index (χ2n) is 5.46. The Hall–Kier alpha value is -1.77. The van der Waals surface area contributed by atoms with E-state index in [-0.39, 0.29) is 11.8 Å². The Morgan fingerprint density at radius 2 is 2.11 bits per heavy atom. The fourth-order valence-electron chi connectivity index (χ4n) is 2.76. The van der Waals surface area contributed by atoms with E-state index in [1.165, 1.54) is 22.0 Å². The SMILES string of the molecule is CCc1cccc2c([C@H](CC(N)=O)C(C)C)c[nH]c12. The zero-order valence-corrected chi connectivity index (χ0v) is 11.9. The maximum absolute atomic E-state index is 11.3. The minimum atomic E-state index is -0.236. The van der Waals surface area contributed by atoms with Crippen molar-refractivity contribution < 1.29 is 4.79 Å². The zero-order chi connectivity index (χ0) is 14.0. The van der Waals surface area contributed by atoms with E-state index in [0.29, 0.717) is 12.3 Å². The molecule has 0 radical (unpaired) electrons. The maximum Gasteiger partial charge on any atom is 0.218 e. The molecule has 1 aromatic carbocycles. The third kappa shape index (κ3) is 2.65. The van der Waals surface area contributed by atoms with Gasteiger partial charge in [0.05, 0.1) is 0 Å². The van der Waals surface area contributed by atoms with Crippen molar-refractivity contribution in [1.82, 2.24) is 4.98 Å². The van der Waals surface area contributed by atoms with Crippen molar-refractivity contribution >= 4 is 16.8 Å². The molecule has 0 saturated heterocycles. The van der Waals surface area contributed by atoms with Crippen LogP contribution in [0.2, 0.25) is 0 Å². The molecule has 3 N–H and O–H groups in total. The highest BCUT2D eigenvalue weighted by Crippen LogP contribution is 2.34. The van der Waals surface area contributed by atoms with Crippen molar-refractivity contribution in [2.45, 2.75) is 39.5 Å². The molecule has 2 rings (SSSR count).